The third-order valence-corrected chi connectivity index (χ3v) is 1.71. The molecule has 1 N–H and O–H groups in total. The number of rotatable bonds is 1. The average molecular weight is 113 g/mol. The molecule has 1 rings (SSSR count). The lowest BCUT2D eigenvalue weighted by molar-refractivity contribution is -0.150. The van der Waals surface area contributed by atoms with Gasteiger partial charge in [-0.25, -0.2) is 0 Å². The highest BCUT2D eigenvalue weighted by Gasteiger charge is 2.39. The van der Waals surface area contributed by atoms with E-state index in [9.17, 15) is 4.79 Å². The maximum Gasteiger partial charge on any atom is 0.309 e. The van der Waals surface area contributed by atoms with E-state index in [0.29, 0.717) is 0 Å². The van der Waals surface area contributed by atoms with E-state index in [1.165, 1.54) is 0 Å². The number of carboxylic acids is 1. The van der Waals surface area contributed by atoms with Crippen molar-refractivity contribution in [2.24, 2.45) is 5.41 Å². The van der Waals surface area contributed by atoms with Gasteiger partial charge >= 0.3 is 5.97 Å². The van der Waals surface area contributed by atoms with Crippen molar-refractivity contribution in [3.8, 4) is 0 Å². The van der Waals surface area contributed by atoms with Gasteiger partial charge in [0.15, 0.2) is 0 Å². The molecule has 0 bridgehead atoms. The van der Waals surface area contributed by atoms with Crippen molar-refractivity contribution in [2.45, 2.75) is 19.8 Å². The summed E-state index contributed by atoms with van der Waals surface area (Å²) in [5, 5.41) is 8.47. The summed E-state index contributed by atoms with van der Waals surface area (Å²) in [5.74, 6) is -0.667. The summed E-state index contributed by atoms with van der Waals surface area (Å²) >= 11 is 0. The van der Waals surface area contributed by atoms with Crippen molar-refractivity contribution >= 4 is 5.97 Å². The van der Waals surface area contributed by atoms with Crippen LogP contribution in [-0.2, 0) is 4.79 Å². The minimum absolute atomic E-state index is 0.417. The van der Waals surface area contributed by atoms with Crippen LogP contribution in [0.3, 0.4) is 0 Å². The second-order valence-electron chi connectivity index (χ2n) is 2.56. The first kappa shape index (κ1) is 5.60. The van der Waals surface area contributed by atoms with E-state index in [1.807, 2.05) is 6.42 Å². The Bertz CT molecular complexity index is 114. The summed E-state index contributed by atoms with van der Waals surface area (Å²) in [7, 11) is 0. The topological polar surface area (TPSA) is 37.3 Å². The molecule has 2 heteroatoms. The molecule has 2 nitrogen and oxygen atoms in total. The number of carboxylic acid groups (broad SMARTS) is 1. The predicted octanol–water partition coefficient (Wildman–Crippen LogP) is 1.08. The number of hydrogen-bond acceptors (Lipinski definition) is 1. The molecule has 45 valence electrons. The van der Waals surface area contributed by atoms with Gasteiger partial charge in [-0.3, -0.25) is 4.79 Å². The molecule has 0 aromatic rings. The zero-order valence-corrected chi connectivity index (χ0v) is 4.85. The van der Waals surface area contributed by atoms with Crippen LogP contribution >= 0.6 is 0 Å². The average Bonchev–Trinajstić information content (AvgIpc) is 1.60. The number of aliphatic carboxylic acids is 1. The first-order chi connectivity index (χ1) is 3.65. The van der Waals surface area contributed by atoms with E-state index < -0.39 is 11.4 Å². The van der Waals surface area contributed by atoms with Crippen molar-refractivity contribution in [2.75, 3.05) is 0 Å². The van der Waals surface area contributed by atoms with Crippen LogP contribution < -0.4 is 0 Å². The third-order valence-electron chi connectivity index (χ3n) is 1.71. The molecule has 0 spiro atoms. The first-order valence-electron chi connectivity index (χ1n) is 2.70. The van der Waals surface area contributed by atoms with Gasteiger partial charge in [-0.2, -0.15) is 0 Å². The molecule has 0 saturated heterocycles. The van der Waals surface area contributed by atoms with Crippen LogP contribution in [0, 0.1) is 11.8 Å². The smallest absolute Gasteiger partial charge is 0.309 e. The molecule has 0 heterocycles. The SMILES string of the molecule is CC1(C(=O)O)C[CH]C1. The number of hydrogen-bond donors (Lipinski definition) is 1. The van der Waals surface area contributed by atoms with Gasteiger partial charge in [-0.05, 0) is 26.2 Å². The summed E-state index contributed by atoms with van der Waals surface area (Å²) in [4.78, 5) is 10.3. The molecule has 0 aliphatic heterocycles. The molecule has 0 unspecified atom stereocenters. The van der Waals surface area contributed by atoms with Gasteiger partial charge in [0.2, 0.25) is 0 Å². The summed E-state index contributed by atoms with van der Waals surface area (Å²) in [5.41, 5.74) is -0.417. The van der Waals surface area contributed by atoms with E-state index in [2.05, 4.69) is 0 Å². The lowest BCUT2D eigenvalue weighted by Gasteiger charge is -2.32. The highest BCUT2D eigenvalue weighted by atomic mass is 16.4. The zero-order valence-electron chi connectivity index (χ0n) is 4.85. The fourth-order valence-corrected chi connectivity index (χ4v) is 0.752. The van der Waals surface area contributed by atoms with Gasteiger partial charge in [0, 0.05) is 0 Å². The van der Waals surface area contributed by atoms with Gasteiger partial charge in [0.25, 0.3) is 0 Å². The summed E-state index contributed by atoms with van der Waals surface area (Å²) in [6.45, 7) is 1.77. The van der Waals surface area contributed by atoms with Crippen LogP contribution in [0.5, 0.6) is 0 Å². The summed E-state index contributed by atoms with van der Waals surface area (Å²) in [6, 6.07) is 0. The van der Waals surface area contributed by atoms with E-state index in [0.717, 1.165) is 12.8 Å². The quantitative estimate of drug-likeness (QED) is 0.552. The summed E-state index contributed by atoms with van der Waals surface area (Å²) in [6.07, 6.45) is 3.47. The lowest BCUT2D eigenvalue weighted by Crippen LogP contribution is -2.34. The zero-order chi connectivity index (χ0) is 6.20. The minimum Gasteiger partial charge on any atom is -0.481 e. The predicted molar refractivity (Wildman–Crippen MR) is 29.3 cm³/mol. The van der Waals surface area contributed by atoms with Gasteiger partial charge in [-0.1, -0.05) is 0 Å². The molecule has 0 aromatic heterocycles. The Balaban J connectivity index is 2.53. The van der Waals surface area contributed by atoms with Crippen molar-refractivity contribution in [3.05, 3.63) is 6.42 Å². The minimum atomic E-state index is -0.667. The van der Waals surface area contributed by atoms with Gasteiger partial charge in [0.05, 0.1) is 5.41 Å². The van der Waals surface area contributed by atoms with Crippen molar-refractivity contribution in [3.63, 3.8) is 0 Å². The van der Waals surface area contributed by atoms with Crippen LogP contribution in [0.15, 0.2) is 0 Å². The Labute approximate surface area is 48.5 Å². The molecule has 0 amide bonds. The van der Waals surface area contributed by atoms with Gasteiger partial charge < -0.3 is 5.11 Å². The van der Waals surface area contributed by atoms with Crippen LogP contribution in [0.2, 0.25) is 0 Å². The van der Waals surface area contributed by atoms with Gasteiger partial charge in [0.1, 0.15) is 0 Å². The van der Waals surface area contributed by atoms with E-state index >= 15 is 0 Å². The summed E-state index contributed by atoms with van der Waals surface area (Å²) < 4.78 is 0. The molecule has 1 radical (unpaired) electrons. The lowest BCUT2D eigenvalue weighted by atomic mass is 9.71. The van der Waals surface area contributed by atoms with Crippen molar-refractivity contribution in [1.82, 2.24) is 0 Å². The largest absolute Gasteiger partial charge is 0.481 e. The van der Waals surface area contributed by atoms with Crippen LogP contribution in [0.25, 0.3) is 0 Å². The van der Waals surface area contributed by atoms with Crippen LogP contribution in [0.4, 0.5) is 0 Å². The highest BCUT2D eigenvalue weighted by Crippen LogP contribution is 2.39. The second-order valence-corrected chi connectivity index (χ2v) is 2.56. The Morgan fingerprint density at radius 1 is 1.75 bits per heavy atom. The molecule has 8 heavy (non-hydrogen) atoms. The van der Waals surface area contributed by atoms with Crippen molar-refractivity contribution < 1.29 is 9.90 Å². The molecule has 0 aromatic carbocycles. The Hall–Kier alpha value is -0.530. The van der Waals surface area contributed by atoms with Crippen molar-refractivity contribution in [1.29, 1.82) is 0 Å². The monoisotopic (exact) mass is 113 g/mol. The van der Waals surface area contributed by atoms with Crippen LogP contribution in [-0.4, -0.2) is 11.1 Å². The first-order valence-corrected chi connectivity index (χ1v) is 2.70. The number of carbonyl (C=O) groups is 1. The molecule has 0 atom stereocenters. The maximum absolute atomic E-state index is 10.3. The Kier molecular flexibility index (Phi) is 1.03. The van der Waals surface area contributed by atoms with Crippen LogP contribution in [0.1, 0.15) is 19.8 Å². The standard InChI is InChI=1S/C6H9O2/c1-6(5(7)8)3-2-4-6/h2H,3-4H2,1H3,(H,7,8). The second kappa shape index (κ2) is 1.47. The fraction of sp³-hybridized carbons (Fsp3) is 0.667. The maximum atomic E-state index is 10.3. The molecule has 1 fully saturated rings. The van der Waals surface area contributed by atoms with E-state index in [1.54, 1.807) is 6.92 Å². The molecule has 1 saturated carbocycles. The fourth-order valence-electron chi connectivity index (χ4n) is 0.752. The molecule has 1 aliphatic carbocycles. The Morgan fingerprint density at radius 2 is 2.25 bits per heavy atom. The normalized spacial score (nSPS) is 24.1. The van der Waals surface area contributed by atoms with E-state index in [4.69, 9.17) is 5.11 Å². The molecule has 1 aliphatic rings. The Morgan fingerprint density at radius 3 is 2.25 bits per heavy atom. The van der Waals surface area contributed by atoms with Gasteiger partial charge in [-0.15, -0.1) is 0 Å². The van der Waals surface area contributed by atoms with E-state index in [-0.39, 0.29) is 0 Å². The molecular weight excluding hydrogens is 104 g/mol. The molecular formula is C6H9O2. The third kappa shape index (κ3) is 0.602. The highest BCUT2D eigenvalue weighted by molar-refractivity contribution is 5.75.